The minimum atomic E-state index is -3.48. The van der Waals surface area contributed by atoms with Crippen molar-refractivity contribution in [2.45, 2.75) is 31.3 Å². The molecule has 1 aliphatic rings. The molecule has 0 amide bonds. The molecule has 1 aliphatic heterocycles. The number of hydrogen-bond donors (Lipinski definition) is 1. The summed E-state index contributed by atoms with van der Waals surface area (Å²) in [6.45, 7) is 6.48. The van der Waals surface area contributed by atoms with Gasteiger partial charge in [0.2, 0.25) is 10.0 Å². The summed E-state index contributed by atoms with van der Waals surface area (Å²) in [6.07, 6.45) is 0. The minimum absolute atomic E-state index is 0.326. The molecule has 0 atom stereocenters. The van der Waals surface area contributed by atoms with Crippen molar-refractivity contribution >= 4 is 26.0 Å². The maximum absolute atomic E-state index is 12.7. The van der Waals surface area contributed by atoms with Crippen LogP contribution in [-0.2, 0) is 21.3 Å². The van der Waals surface area contributed by atoms with Gasteiger partial charge < -0.3 is 10.1 Å². The van der Waals surface area contributed by atoms with Crippen molar-refractivity contribution in [2.24, 2.45) is 0 Å². The molecule has 5 nitrogen and oxygen atoms in total. The maximum atomic E-state index is 12.7. The summed E-state index contributed by atoms with van der Waals surface area (Å²) in [5.41, 5.74) is 0.957. The van der Waals surface area contributed by atoms with Crippen LogP contribution in [0.15, 0.2) is 27.6 Å². The van der Waals surface area contributed by atoms with Crippen LogP contribution in [0, 0.1) is 0 Å². The molecule has 0 saturated carbocycles. The van der Waals surface area contributed by atoms with Gasteiger partial charge in [-0.25, -0.2) is 8.42 Å². The molecule has 0 aromatic heterocycles. The van der Waals surface area contributed by atoms with Crippen molar-refractivity contribution in [1.82, 2.24) is 9.62 Å². The molecular formula is C14H21BrN2O3S. The molecule has 118 valence electrons. The maximum Gasteiger partial charge on any atom is 0.244 e. The third kappa shape index (κ3) is 4.26. The highest BCUT2D eigenvalue weighted by Gasteiger charge is 2.28. The van der Waals surface area contributed by atoms with E-state index >= 15 is 0 Å². The van der Waals surface area contributed by atoms with E-state index in [4.69, 9.17) is 4.74 Å². The molecule has 1 aromatic carbocycles. The van der Waals surface area contributed by atoms with E-state index in [0.29, 0.717) is 48.3 Å². The van der Waals surface area contributed by atoms with Gasteiger partial charge in [0.05, 0.1) is 18.1 Å². The molecule has 0 aliphatic carbocycles. The lowest BCUT2D eigenvalue weighted by Gasteiger charge is -2.26. The van der Waals surface area contributed by atoms with Crippen LogP contribution >= 0.6 is 15.9 Å². The number of halogens is 1. The number of ether oxygens (including phenoxy) is 1. The SMILES string of the molecule is CC(C)NCc1ccc(Br)c(S(=O)(=O)N2CCOCC2)c1. The smallest absolute Gasteiger partial charge is 0.244 e. The second kappa shape index (κ2) is 7.19. The fraction of sp³-hybridized carbons (Fsp3) is 0.571. The van der Waals surface area contributed by atoms with Gasteiger partial charge in [-0.3, -0.25) is 0 Å². The highest BCUT2D eigenvalue weighted by Crippen LogP contribution is 2.26. The number of hydrogen-bond acceptors (Lipinski definition) is 4. The Kier molecular flexibility index (Phi) is 5.79. The van der Waals surface area contributed by atoms with Gasteiger partial charge in [0.1, 0.15) is 0 Å². The van der Waals surface area contributed by atoms with E-state index in [-0.39, 0.29) is 0 Å². The lowest BCUT2D eigenvalue weighted by atomic mass is 10.2. The molecule has 0 bridgehead atoms. The molecular weight excluding hydrogens is 356 g/mol. The molecule has 1 heterocycles. The van der Waals surface area contributed by atoms with Gasteiger partial charge >= 0.3 is 0 Å². The minimum Gasteiger partial charge on any atom is -0.379 e. The summed E-state index contributed by atoms with van der Waals surface area (Å²) in [5, 5.41) is 3.30. The summed E-state index contributed by atoms with van der Waals surface area (Å²) in [5.74, 6) is 0. The Morgan fingerprint density at radius 2 is 2.00 bits per heavy atom. The third-order valence-electron chi connectivity index (χ3n) is 3.30. The van der Waals surface area contributed by atoms with Crippen LogP contribution < -0.4 is 5.32 Å². The van der Waals surface area contributed by atoms with Crippen LogP contribution in [0.1, 0.15) is 19.4 Å². The van der Waals surface area contributed by atoms with Crippen molar-refractivity contribution in [2.75, 3.05) is 26.3 Å². The Balaban J connectivity index is 2.26. The van der Waals surface area contributed by atoms with Crippen LogP contribution in [-0.4, -0.2) is 45.1 Å². The first kappa shape index (κ1) is 16.9. The van der Waals surface area contributed by atoms with Crippen molar-refractivity contribution in [1.29, 1.82) is 0 Å². The zero-order valence-electron chi connectivity index (χ0n) is 12.3. The van der Waals surface area contributed by atoms with E-state index < -0.39 is 10.0 Å². The molecule has 1 saturated heterocycles. The lowest BCUT2D eigenvalue weighted by molar-refractivity contribution is 0.0730. The zero-order chi connectivity index (χ0) is 15.5. The highest BCUT2D eigenvalue weighted by atomic mass is 79.9. The average Bonchev–Trinajstić information content (AvgIpc) is 2.47. The van der Waals surface area contributed by atoms with Gasteiger partial charge in [0, 0.05) is 30.1 Å². The second-order valence-electron chi connectivity index (χ2n) is 5.32. The highest BCUT2D eigenvalue weighted by molar-refractivity contribution is 9.10. The number of nitrogens with zero attached hydrogens (tertiary/aromatic N) is 1. The normalized spacial score (nSPS) is 17.3. The van der Waals surface area contributed by atoms with Gasteiger partial charge in [-0.2, -0.15) is 4.31 Å². The molecule has 0 spiro atoms. The second-order valence-corrected chi connectivity index (χ2v) is 8.08. The first-order valence-electron chi connectivity index (χ1n) is 7.01. The van der Waals surface area contributed by atoms with E-state index in [1.165, 1.54) is 4.31 Å². The van der Waals surface area contributed by atoms with E-state index in [9.17, 15) is 8.42 Å². The number of morpholine rings is 1. The number of sulfonamides is 1. The first-order valence-corrected chi connectivity index (χ1v) is 9.24. The average molecular weight is 377 g/mol. The van der Waals surface area contributed by atoms with Crippen molar-refractivity contribution < 1.29 is 13.2 Å². The van der Waals surface area contributed by atoms with Crippen LogP contribution in [0.5, 0.6) is 0 Å². The molecule has 0 unspecified atom stereocenters. The van der Waals surface area contributed by atoms with Gasteiger partial charge in [0.15, 0.2) is 0 Å². The van der Waals surface area contributed by atoms with E-state index in [1.807, 2.05) is 6.07 Å². The number of benzene rings is 1. The summed E-state index contributed by atoms with van der Waals surface area (Å²) in [7, 11) is -3.48. The van der Waals surface area contributed by atoms with E-state index in [2.05, 4.69) is 35.1 Å². The van der Waals surface area contributed by atoms with Gasteiger partial charge in [-0.1, -0.05) is 19.9 Å². The standard InChI is InChI=1S/C14H21BrN2O3S/c1-11(2)16-10-12-3-4-13(15)14(9-12)21(18,19)17-5-7-20-8-6-17/h3-4,9,11,16H,5-8,10H2,1-2H3. The Morgan fingerprint density at radius 1 is 1.33 bits per heavy atom. The molecule has 1 N–H and O–H groups in total. The third-order valence-corrected chi connectivity index (χ3v) is 6.19. The van der Waals surface area contributed by atoms with Crippen molar-refractivity contribution in [3.05, 3.63) is 28.2 Å². The predicted octanol–water partition coefficient (Wildman–Crippen LogP) is 1.97. The molecule has 2 rings (SSSR count). The summed E-state index contributed by atoms with van der Waals surface area (Å²) >= 11 is 3.36. The van der Waals surface area contributed by atoms with E-state index in [1.54, 1.807) is 12.1 Å². The van der Waals surface area contributed by atoms with E-state index in [0.717, 1.165) is 5.56 Å². The zero-order valence-corrected chi connectivity index (χ0v) is 14.7. The summed E-state index contributed by atoms with van der Waals surface area (Å²) in [6, 6.07) is 5.82. The van der Waals surface area contributed by atoms with Gasteiger partial charge in [-0.15, -0.1) is 0 Å². The lowest BCUT2D eigenvalue weighted by Crippen LogP contribution is -2.40. The van der Waals surface area contributed by atoms with Crippen molar-refractivity contribution in [3.8, 4) is 0 Å². The molecule has 7 heteroatoms. The van der Waals surface area contributed by atoms with Crippen LogP contribution in [0.4, 0.5) is 0 Å². The number of rotatable bonds is 5. The van der Waals surface area contributed by atoms with Crippen molar-refractivity contribution in [3.63, 3.8) is 0 Å². The predicted molar refractivity (Wildman–Crippen MR) is 85.7 cm³/mol. The Hall–Kier alpha value is -0.470. The molecule has 1 aromatic rings. The van der Waals surface area contributed by atoms with Gasteiger partial charge in [0.25, 0.3) is 0 Å². The Bertz CT molecular complexity index is 584. The Morgan fingerprint density at radius 3 is 2.62 bits per heavy atom. The Labute approximate surface area is 134 Å². The first-order chi connectivity index (χ1) is 9.91. The fourth-order valence-electron chi connectivity index (χ4n) is 2.10. The monoisotopic (exact) mass is 376 g/mol. The topological polar surface area (TPSA) is 58.6 Å². The van der Waals surface area contributed by atoms with Crippen LogP contribution in [0.3, 0.4) is 0 Å². The molecule has 21 heavy (non-hydrogen) atoms. The molecule has 1 fully saturated rings. The van der Waals surface area contributed by atoms with Gasteiger partial charge in [-0.05, 0) is 33.6 Å². The van der Waals surface area contributed by atoms with Crippen LogP contribution in [0.2, 0.25) is 0 Å². The molecule has 0 radical (unpaired) electrons. The fourth-order valence-corrected chi connectivity index (χ4v) is 4.49. The van der Waals surface area contributed by atoms with Crippen LogP contribution in [0.25, 0.3) is 0 Å². The summed E-state index contributed by atoms with van der Waals surface area (Å²) < 4.78 is 32.7. The summed E-state index contributed by atoms with van der Waals surface area (Å²) in [4.78, 5) is 0.326. The quantitative estimate of drug-likeness (QED) is 0.853. The largest absolute Gasteiger partial charge is 0.379 e. The number of nitrogens with one attached hydrogen (secondary N) is 1.